The lowest BCUT2D eigenvalue weighted by Gasteiger charge is -2.39. The fourth-order valence-electron chi connectivity index (χ4n) is 3.21. The minimum Gasteiger partial charge on any atom is -0.320 e. The number of quaternary nitrogens is 1. The molecule has 1 aliphatic rings. The SMILES string of the molecule is CCCC[N+](CCC)(CCCC)CC1=CCCC=C1. The second-order valence-corrected chi connectivity index (χ2v) is 6.14. The molecule has 0 saturated heterocycles. The Bertz CT molecular complexity index is 280. The maximum absolute atomic E-state index is 2.47. The van der Waals surface area contributed by atoms with E-state index in [9.17, 15) is 0 Å². The summed E-state index contributed by atoms with van der Waals surface area (Å²) in [5.74, 6) is 0. The van der Waals surface area contributed by atoms with Crippen LogP contribution >= 0.6 is 0 Å². The Morgan fingerprint density at radius 3 is 2.05 bits per heavy atom. The molecule has 19 heavy (non-hydrogen) atoms. The van der Waals surface area contributed by atoms with Crippen LogP contribution in [0, 0.1) is 0 Å². The third-order valence-electron chi connectivity index (χ3n) is 4.26. The van der Waals surface area contributed by atoms with Crippen molar-refractivity contribution in [3.63, 3.8) is 0 Å². The van der Waals surface area contributed by atoms with Crippen LogP contribution in [-0.2, 0) is 0 Å². The maximum Gasteiger partial charge on any atom is 0.104 e. The lowest BCUT2D eigenvalue weighted by Crippen LogP contribution is -2.51. The van der Waals surface area contributed by atoms with E-state index in [1.165, 1.54) is 75.6 Å². The third kappa shape index (κ3) is 5.95. The topological polar surface area (TPSA) is 0 Å². The molecule has 0 spiro atoms. The van der Waals surface area contributed by atoms with Gasteiger partial charge in [-0.2, -0.15) is 0 Å². The first-order valence-electron chi connectivity index (χ1n) is 8.47. The van der Waals surface area contributed by atoms with Gasteiger partial charge in [0.2, 0.25) is 0 Å². The zero-order valence-electron chi connectivity index (χ0n) is 13.5. The lowest BCUT2D eigenvalue weighted by atomic mass is 10.0. The summed E-state index contributed by atoms with van der Waals surface area (Å²) in [5, 5.41) is 0. The first kappa shape index (κ1) is 16.5. The van der Waals surface area contributed by atoms with E-state index < -0.39 is 0 Å². The van der Waals surface area contributed by atoms with Crippen LogP contribution in [0.2, 0.25) is 0 Å². The Balaban J connectivity index is 2.72. The van der Waals surface area contributed by atoms with Crippen LogP contribution in [0.3, 0.4) is 0 Å². The first-order valence-corrected chi connectivity index (χ1v) is 8.47. The molecule has 0 heterocycles. The zero-order chi connectivity index (χ0) is 14.0. The summed E-state index contributed by atoms with van der Waals surface area (Å²) in [6.07, 6.45) is 16.4. The molecular formula is C18H34N+. The van der Waals surface area contributed by atoms with Gasteiger partial charge < -0.3 is 4.48 Å². The summed E-state index contributed by atoms with van der Waals surface area (Å²) >= 11 is 0. The summed E-state index contributed by atoms with van der Waals surface area (Å²) in [7, 11) is 0. The van der Waals surface area contributed by atoms with E-state index in [1.807, 2.05) is 0 Å². The Morgan fingerprint density at radius 1 is 0.895 bits per heavy atom. The average molecular weight is 264 g/mol. The molecule has 0 bridgehead atoms. The molecular weight excluding hydrogens is 230 g/mol. The van der Waals surface area contributed by atoms with Crippen LogP contribution in [0.15, 0.2) is 23.8 Å². The van der Waals surface area contributed by atoms with Crippen LogP contribution in [0.1, 0.15) is 65.7 Å². The fourth-order valence-corrected chi connectivity index (χ4v) is 3.21. The minimum atomic E-state index is 1.24. The van der Waals surface area contributed by atoms with Crippen molar-refractivity contribution in [3.05, 3.63) is 23.8 Å². The highest BCUT2D eigenvalue weighted by Crippen LogP contribution is 2.20. The summed E-state index contributed by atoms with van der Waals surface area (Å²) in [6.45, 7) is 12.3. The van der Waals surface area contributed by atoms with E-state index in [2.05, 4.69) is 39.0 Å². The molecule has 1 aliphatic carbocycles. The monoisotopic (exact) mass is 264 g/mol. The third-order valence-corrected chi connectivity index (χ3v) is 4.26. The molecule has 0 fully saturated rings. The Kier molecular flexibility index (Phi) is 8.13. The van der Waals surface area contributed by atoms with E-state index in [4.69, 9.17) is 0 Å². The number of hydrogen-bond acceptors (Lipinski definition) is 0. The van der Waals surface area contributed by atoms with Gasteiger partial charge >= 0.3 is 0 Å². The van der Waals surface area contributed by atoms with Crippen molar-refractivity contribution in [1.82, 2.24) is 0 Å². The highest BCUT2D eigenvalue weighted by molar-refractivity contribution is 5.22. The molecule has 0 aliphatic heterocycles. The predicted octanol–water partition coefficient (Wildman–Crippen LogP) is 5.09. The van der Waals surface area contributed by atoms with Crippen LogP contribution in [-0.4, -0.2) is 30.7 Å². The van der Waals surface area contributed by atoms with Crippen molar-refractivity contribution in [2.24, 2.45) is 0 Å². The second-order valence-electron chi connectivity index (χ2n) is 6.14. The molecule has 0 aromatic carbocycles. The van der Waals surface area contributed by atoms with E-state index in [0.29, 0.717) is 0 Å². The van der Waals surface area contributed by atoms with Crippen LogP contribution < -0.4 is 0 Å². The molecule has 0 aromatic rings. The van der Waals surface area contributed by atoms with Crippen molar-refractivity contribution in [3.8, 4) is 0 Å². The summed E-state index contributed by atoms with van der Waals surface area (Å²) in [4.78, 5) is 0. The number of hydrogen-bond donors (Lipinski definition) is 0. The van der Waals surface area contributed by atoms with Gasteiger partial charge in [0.1, 0.15) is 6.54 Å². The van der Waals surface area contributed by atoms with Gasteiger partial charge in [-0.1, -0.05) is 51.8 Å². The molecule has 110 valence electrons. The Labute approximate surface area is 121 Å². The van der Waals surface area contributed by atoms with E-state index in [-0.39, 0.29) is 0 Å². The average Bonchev–Trinajstić information content (AvgIpc) is 2.44. The molecule has 0 amide bonds. The molecule has 1 nitrogen and oxygen atoms in total. The lowest BCUT2D eigenvalue weighted by molar-refractivity contribution is -0.924. The summed E-state index contributed by atoms with van der Waals surface area (Å²) in [5.41, 5.74) is 1.59. The van der Waals surface area contributed by atoms with E-state index in [0.717, 1.165) is 0 Å². The van der Waals surface area contributed by atoms with Crippen molar-refractivity contribution in [2.45, 2.75) is 65.7 Å². The van der Waals surface area contributed by atoms with Gasteiger partial charge in [-0.15, -0.1) is 0 Å². The van der Waals surface area contributed by atoms with Crippen molar-refractivity contribution in [2.75, 3.05) is 26.2 Å². The van der Waals surface area contributed by atoms with Crippen molar-refractivity contribution < 1.29 is 4.48 Å². The molecule has 0 saturated carbocycles. The molecule has 1 rings (SSSR count). The summed E-state index contributed by atoms with van der Waals surface area (Å²) in [6, 6.07) is 0. The fraction of sp³-hybridized carbons (Fsp3) is 0.778. The smallest absolute Gasteiger partial charge is 0.104 e. The first-order chi connectivity index (χ1) is 9.26. The van der Waals surface area contributed by atoms with Crippen LogP contribution in [0.25, 0.3) is 0 Å². The van der Waals surface area contributed by atoms with Gasteiger partial charge in [-0.25, -0.2) is 0 Å². The molecule has 0 radical (unpaired) electrons. The maximum atomic E-state index is 2.47. The van der Waals surface area contributed by atoms with Gasteiger partial charge in [0.15, 0.2) is 0 Å². The Hall–Kier alpha value is -0.560. The van der Waals surface area contributed by atoms with Crippen molar-refractivity contribution in [1.29, 1.82) is 0 Å². The molecule has 0 atom stereocenters. The number of allylic oxidation sites excluding steroid dienone is 2. The molecule has 0 unspecified atom stereocenters. The number of unbranched alkanes of at least 4 members (excludes halogenated alkanes) is 2. The van der Waals surface area contributed by atoms with Crippen LogP contribution in [0.4, 0.5) is 0 Å². The van der Waals surface area contributed by atoms with Gasteiger partial charge in [0.05, 0.1) is 19.6 Å². The van der Waals surface area contributed by atoms with Gasteiger partial charge in [-0.05, 0) is 32.1 Å². The zero-order valence-corrected chi connectivity index (χ0v) is 13.5. The molecule has 0 N–H and O–H groups in total. The van der Waals surface area contributed by atoms with E-state index in [1.54, 1.807) is 5.57 Å². The normalized spacial score (nSPS) is 15.6. The predicted molar refractivity (Wildman–Crippen MR) is 86.3 cm³/mol. The Morgan fingerprint density at radius 2 is 1.58 bits per heavy atom. The quantitative estimate of drug-likeness (QED) is 0.482. The standard InChI is InChI=1S/C18H34N/c1-4-7-15-19(14-6-3,16-8-5-2)17-18-12-10-9-11-13-18/h10,12-13H,4-9,11,14-17H2,1-3H3/q+1. The van der Waals surface area contributed by atoms with Crippen molar-refractivity contribution >= 4 is 0 Å². The molecule has 1 heteroatoms. The van der Waals surface area contributed by atoms with E-state index >= 15 is 0 Å². The second kappa shape index (κ2) is 9.36. The van der Waals surface area contributed by atoms with Gasteiger partial charge in [-0.3, -0.25) is 0 Å². The van der Waals surface area contributed by atoms with Gasteiger partial charge in [0.25, 0.3) is 0 Å². The number of rotatable bonds is 10. The van der Waals surface area contributed by atoms with Gasteiger partial charge in [0, 0.05) is 5.57 Å². The molecule has 0 aromatic heterocycles. The van der Waals surface area contributed by atoms with Crippen LogP contribution in [0.5, 0.6) is 0 Å². The minimum absolute atomic E-state index is 1.24. The number of nitrogens with zero attached hydrogens (tertiary/aromatic N) is 1. The highest BCUT2D eigenvalue weighted by Gasteiger charge is 2.26. The highest BCUT2D eigenvalue weighted by atomic mass is 15.3. The summed E-state index contributed by atoms with van der Waals surface area (Å²) < 4.78 is 1.33. The largest absolute Gasteiger partial charge is 0.320 e.